The fourth-order valence-electron chi connectivity index (χ4n) is 3.55. The molecule has 3 nitrogen and oxygen atoms in total. The van der Waals surface area contributed by atoms with Crippen molar-refractivity contribution < 1.29 is 9.90 Å². The van der Waals surface area contributed by atoms with Crippen molar-refractivity contribution in [2.75, 3.05) is 5.75 Å². The molecule has 25 heavy (non-hydrogen) atoms. The van der Waals surface area contributed by atoms with Gasteiger partial charge in [-0.2, -0.15) is 0 Å². The molecule has 0 aliphatic heterocycles. The Labute approximate surface area is 161 Å². The van der Waals surface area contributed by atoms with Crippen molar-refractivity contribution in [2.24, 2.45) is 5.92 Å². The number of aromatic nitrogens is 1. The number of nitrogens with zero attached hydrogens (tertiary/aromatic N) is 1. The highest BCUT2D eigenvalue weighted by molar-refractivity contribution is 8.00. The molecule has 1 aliphatic carbocycles. The molecule has 0 saturated heterocycles. The first-order valence-corrected chi connectivity index (χ1v) is 10.9. The minimum absolute atomic E-state index is 0.0196. The van der Waals surface area contributed by atoms with Crippen LogP contribution in [0, 0.1) is 5.92 Å². The van der Waals surface area contributed by atoms with Gasteiger partial charge < -0.3 is 5.11 Å². The first-order chi connectivity index (χ1) is 12.1. The summed E-state index contributed by atoms with van der Waals surface area (Å²) in [6.07, 6.45) is 3.46. The summed E-state index contributed by atoms with van der Waals surface area (Å²) in [6.45, 7) is 1.87. The number of rotatable bonds is 7. The van der Waals surface area contributed by atoms with Crippen molar-refractivity contribution in [3.63, 3.8) is 0 Å². The molecule has 1 aliphatic rings. The van der Waals surface area contributed by atoms with Crippen LogP contribution in [0.4, 0.5) is 0 Å². The van der Waals surface area contributed by atoms with E-state index in [0.717, 1.165) is 27.6 Å². The number of Topliss-reactive ketones (excluding diaryl/α,β-unsaturated/α-hetero) is 1. The van der Waals surface area contributed by atoms with Crippen molar-refractivity contribution in [3.05, 3.63) is 47.0 Å². The molecular formula is C19H22ClNO2S2. The zero-order valence-electron chi connectivity index (χ0n) is 14.1. The smallest absolute Gasteiger partial charge is 0.162 e. The lowest BCUT2D eigenvalue weighted by atomic mass is 9.85. The largest absolute Gasteiger partial charge is 0.392 e. The topological polar surface area (TPSA) is 50.2 Å². The fourth-order valence-corrected chi connectivity index (χ4v) is 5.77. The lowest BCUT2D eigenvalue weighted by molar-refractivity contribution is 0.0988. The van der Waals surface area contributed by atoms with Gasteiger partial charge in [0.1, 0.15) is 4.34 Å². The maximum atomic E-state index is 11.8. The van der Waals surface area contributed by atoms with Crippen LogP contribution < -0.4 is 0 Å². The third-order valence-electron chi connectivity index (χ3n) is 4.83. The zero-order chi connectivity index (χ0) is 17.8. The Morgan fingerprint density at radius 1 is 1.40 bits per heavy atom. The van der Waals surface area contributed by atoms with E-state index in [-0.39, 0.29) is 23.0 Å². The Morgan fingerprint density at radius 2 is 2.16 bits per heavy atom. The Balaban J connectivity index is 1.69. The molecule has 4 atom stereocenters. The number of aliphatic hydroxyl groups is 1. The van der Waals surface area contributed by atoms with Gasteiger partial charge in [0.2, 0.25) is 0 Å². The van der Waals surface area contributed by atoms with Crippen molar-refractivity contribution in [1.82, 2.24) is 4.98 Å². The molecule has 0 amide bonds. The summed E-state index contributed by atoms with van der Waals surface area (Å²) in [4.78, 5) is 16.1. The third kappa shape index (κ3) is 4.45. The van der Waals surface area contributed by atoms with Crippen molar-refractivity contribution >= 4 is 40.5 Å². The number of thioether (sulfide) groups is 1. The van der Waals surface area contributed by atoms with Crippen LogP contribution in [-0.2, 0) is 0 Å². The van der Waals surface area contributed by atoms with E-state index < -0.39 is 6.10 Å². The molecular weight excluding hydrogens is 374 g/mol. The summed E-state index contributed by atoms with van der Waals surface area (Å²) in [5.41, 5.74) is 1.81. The first-order valence-electron chi connectivity index (χ1n) is 8.57. The molecule has 134 valence electrons. The molecule has 0 spiro atoms. The first kappa shape index (κ1) is 18.9. The molecule has 1 aromatic heterocycles. The van der Waals surface area contributed by atoms with Gasteiger partial charge in [-0.3, -0.25) is 4.79 Å². The van der Waals surface area contributed by atoms with Gasteiger partial charge in [0, 0.05) is 40.6 Å². The van der Waals surface area contributed by atoms with Crippen LogP contribution in [-0.4, -0.2) is 33.1 Å². The predicted octanol–water partition coefficient (Wildman–Crippen LogP) is 4.99. The number of aliphatic hydroxyl groups excluding tert-OH is 1. The average Bonchev–Trinajstić information content (AvgIpc) is 3.23. The Hall–Kier alpha value is -0.880. The van der Waals surface area contributed by atoms with Gasteiger partial charge >= 0.3 is 0 Å². The zero-order valence-corrected chi connectivity index (χ0v) is 16.5. The monoisotopic (exact) mass is 395 g/mol. The second-order valence-corrected chi connectivity index (χ2v) is 9.14. The van der Waals surface area contributed by atoms with Gasteiger partial charge in [-0.05, 0) is 24.3 Å². The number of hydrogen-bond acceptors (Lipinski definition) is 5. The molecule has 1 aromatic carbocycles. The molecule has 6 heteroatoms. The summed E-state index contributed by atoms with van der Waals surface area (Å²) in [6, 6.07) is 7.70. The molecule has 1 fully saturated rings. The Bertz CT molecular complexity index is 690. The summed E-state index contributed by atoms with van der Waals surface area (Å²) in [7, 11) is 0. The van der Waals surface area contributed by atoms with E-state index in [9.17, 15) is 9.90 Å². The van der Waals surface area contributed by atoms with E-state index in [1.54, 1.807) is 23.1 Å². The highest BCUT2D eigenvalue weighted by Gasteiger charge is 2.42. The number of benzene rings is 1. The lowest BCUT2D eigenvalue weighted by Crippen LogP contribution is -2.19. The average molecular weight is 396 g/mol. The van der Waals surface area contributed by atoms with Crippen LogP contribution in [0.5, 0.6) is 0 Å². The number of alkyl halides is 1. The van der Waals surface area contributed by atoms with E-state index in [4.69, 9.17) is 11.6 Å². The lowest BCUT2D eigenvalue weighted by Gasteiger charge is -2.24. The summed E-state index contributed by atoms with van der Waals surface area (Å²) >= 11 is 9.94. The molecule has 1 heterocycles. The highest BCUT2D eigenvalue weighted by atomic mass is 35.5. The minimum Gasteiger partial charge on any atom is -0.392 e. The number of hydrogen-bond donors (Lipinski definition) is 1. The van der Waals surface area contributed by atoms with E-state index in [1.165, 1.54) is 0 Å². The van der Waals surface area contributed by atoms with Gasteiger partial charge in [-0.15, -0.1) is 22.9 Å². The van der Waals surface area contributed by atoms with Crippen LogP contribution in [0.1, 0.15) is 48.0 Å². The van der Waals surface area contributed by atoms with E-state index in [2.05, 4.69) is 4.98 Å². The number of ketones is 1. The maximum Gasteiger partial charge on any atom is 0.162 e. The van der Waals surface area contributed by atoms with Crippen LogP contribution in [0.25, 0.3) is 0 Å². The quantitative estimate of drug-likeness (QED) is 0.407. The van der Waals surface area contributed by atoms with Crippen LogP contribution in [0.2, 0.25) is 0 Å². The van der Waals surface area contributed by atoms with E-state index >= 15 is 0 Å². The van der Waals surface area contributed by atoms with Gasteiger partial charge in [-0.1, -0.05) is 43.0 Å². The second kappa shape index (κ2) is 8.67. The normalized spacial score (nSPS) is 26.0. The SMILES string of the molecule is CCC(=O)c1ccc(C2C(CCSc3nccs3)[C@H](Cl)C[C@H]2O)cc1. The molecule has 0 bridgehead atoms. The number of carbonyl (C=O) groups is 1. The standard InChI is InChI=1S/C19H22ClNO2S2/c1-2-16(22)12-3-5-13(6-4-12)18-14(15(20)11-17(18)23)7-9-24-19-21-8-10-25-19/h3-6,8,10,14-15,17-18,23H,2,7,9,11H2,1H3/t14?,15-,17-,18?/m1/s1. The number of carbonyl (C=O) groups excluding carboxylic acids is 1. The van der Waals surface area contributed by atoms with E-state index in [1.807, 2.05) is 42.8 Å². The molecule has 2 unspecified atom stereocenters. The van der Waals surface area contributed by atoms with E-state index in [0.29, 0.717) is 12.8 Å². The maximum absolute atomic E-state index is 11.8. The van der Waals surface area contributed by atoms with Crippen molar-refractivity contribution in [2.45, 2.75) is 47.9 Å². The third-order valence-corrected chi connectivity index (χ3v) is 7.33. The summed E-state index contributed by atoms with van der Waals surface area (Å²) in [5, 5.41) is 12.5. The van der Waals surface area contributed by atoms with Gasteiger partial charge in [0.15, 0.2) is 5.78 Å². The summed E-state index contributed by atoms with van der Waals surface area (Å²) < 4.78 is 1.07. The van der Waals surface area contributed by atoms with Gasteiger partial charge in [0.05, 0.1) is 6.10 Å². The second-order valence-electron chi connectivity index (χ2n) is 6.34. The molecule has 2 aromatic rings. The number of thiazole rings is 1. The number of halogens is 1. The predicted molar refractivity (Wildman–Crippen MR) is 105 cm³/mol. The molecule has 3 rings (SSSR count). The fraction of sp³-hybridized carbons (Fsp3) is 0.474. The summed E-state index contributed by atoms with van der Waals surface area (Å²) in [5.74, 6) is 1.35. The van der Waals surface area contributed by atoms with Crippen molar-refractivity contribution in [1.29, 1.82) is 0 Å². The van der Waals surface area contributed by atoms with Crippen molar-refractivity contribution in [3.8, 4) is 0 Å². The Kier molecular flexibility index (Phi) is 6.55. The minimum atomic E-state index is -0.426. The van der Waals surface area contributed by atoms with Gasteiger partial charge in [0.25, 0.3) is 0 Å². The van der Waals surface area contributed by atoms with Crippen LogP contribution in [0.3, 0.4) is 0 Å². The Morgan fingerprint density at radius 3 is 2.80 bits per heavy atom. The molecule has 0 radical (unpaired) electrons. The van der Waals surface area contributed by atoms with Gasteiger partial charge in [-0.25, -0.2) is 4.98 Å². The highest BCUT2D eigenvalue weighted by Crippen LogP contribution is 2.45. The van der Waals surface area contributed by atoms with Crippen LogP contribution >= 0.6 is 34.7 Å². The van der Waals surface area contributed by atoms with Crippen LogP contribution in [0.15, 0.2) is 40.2 Å². The molecule has 1 N–H and O–H groups in total. The molecule has 1 saturated carbocycles.